The number of amides is 1. The third-order valence-electron chi connectivity index (χ3n) is 6.00. The van der Waals surface area contributed by atoms with Gasteiger partial charge in [-0.15, -0.1) is 15.6 Å². The molecule has 43 heavy (non-hydrogen) atoms. The molecule has 0 radical (unpaired) electrons. The van der Waals surface area contributed by atoms with Gasteiger partial charge in [-0.05, 0) is 57.2 Å². The number of unbranched alkanes of at least 4 members (excludes halogenated alkanes) is 1. The summed E-state index contributed by atoms with van der Waals surface area (Å²) in [4.78, 5) is 39.2. The number of hydrogen-bond donors (Lipinski definition) is 4. The normalized spacial score (nSPS) is 16.4. The van der Waals surface area contributed by atoms with Crippen LogP contribution >= 0.6 is 24.8 Å². The SMILES string of the molecule is C.CC1(C)C(CC(=O)/C(=N\OCCOc2ccc(C(N)=NCCCC=N)cc2)c2csc(N)n2)C(=O)N1OS(=O)(=O)O.S. The van der Waals surface area contributed by atoms with Crippen molar-refractivity contribution in [1.29, 1.82) is 5.41 Å². The number of aromatic nitrogens is 1. The molecule has 15 nitrogen and oxygen atoms in total. The van der Waals surface area contributed by atoms with Gasteiger partial charge in [0.15, 0.2) is 23.2 Å². The van der Waals surface area contributed by atoms with Crippen LogP contribution in [0.5, 0.6) is 5.75 Å². The predicted octanol–water partition coefficient (Wildman–Crippen LogP) is 2.34. The number of carbonyl (C=O) groups excluding carboxylic acids is 2. The molecular weight excluding hydrogens is 623 g/mol. The van der Waals surface area contributed by atoms with E-state index in [0.717, 1.165) is 23.3 Å². The zero-order valence-corrected chi connectivity index (χ0v) is 25.5. The van der Waals surface area contributed by atoms with Crippen LogP contribution in [0.25, 0.3) is 0 Å². The first kappa shape index (κ1) is 37.4. The summed E-state index contributed by atoms with van der Waals surface area (Å²) in [7, 11) is -4.92. The van der Waals surface area contributed by atoms with Gasteiger partial charge in [0.05, 0.1) is 11.5 Å². The summed E-state index contributed by atoms with van der Waals surface area (Å²) >= 11 is 1.08. The lowest BCUT2D eigenvalue weighted by molar-refractivity contribution is -0.228. The van der Waals surface area contributed by atoms with Crippen molar-refractivity contribution in [3.63, 3.8) is 0 Å². The van der Waals surface area contributed by atoms with E-state index >= 15 is 0 Å². The summed E-state index contributed by atoms with van der Waals surface area (Å²) in [5, 5.41) is 13.1. The second-order valence-corrected chi connectivity index (χ2v) is 11.2. The maximum atomic E-state index is 13.1. The van der Waals surface area contributed by atoms with Crippen LogP contribution in [0.15, 0.2) is 39.8 Å². The number of nitrogen functional groups attached to an aromatic ring is 1. The Kier molecular flexibility index (Phi) is 14.2. The van der Waals surface area contributed by atoms with Gasteiger partial charge >= 0.3 is 10.4 Å². The fourth-order valence-corrected chi connectivity index (χ4v) is 4.80. The number of hydrogen-bond acceptors (Lipinski definition) is 13. The van der Waals surface area contributed by atoms with Crippen LogP contribution in [0.2, 0.25) is 0 Å². The monoisotopic (exact) mass is 659 g/mol. The Labute approximate surface area is 261 Å². The molecule has 0 spiro atoms. The quantitative estimate of drug-likeness (QED) is 0.0510. The van der Waals surface area contributed by atoms with E-state index in [0.29, 0.717) is 29.6 Å². The summed E-state index contributed by atoms with van der Waals surface area (Å²) in [6, 6.07) is 6.97. The Balaban J connectivity index is 0.00000462. The molecule has 1 aromatic carbocycles. The first-order valence-electron chi connectivity index (χ1n) is 12.3. The molecule has 1 unspecified atom stereocenters. The second kappa shape index (κ2) is 16.3. The van der Waals surface area contributed by atoms with Gasteiger partial charge < -0.3 is 26.5 Å². The van der Waals surface area contributed by atoms with Crippen molar-refractivity contribution in [3.05, 3.63) is 40.9 Å². The largest absolute Gasteiger partial charge is 0.490 e. The summed E-state index contributed by atoms with van der Waals surface area (Å²) in [5.41, 5.74) is 11.2. The Morgan fingerprint density at radius 2 is 1.95 bits per heavy atom. The molecule has 0 bridgehead atoms. The number of benzene rings is 1. The highest BCUT2D eigenvalue weighted by molar-refractivity contribution is 7.80. The van der Waals surface area contributed by atoms with E-state index in [1.165, 1.54) is 25.4 Å². The topological polar surface area (TPSA) is 233 Å². The zero-order chi connectivity index (χ0) is 30.2. The van der Waals surface area contributed by atoms with Crippen LogP contribution in [0.4, 0.5) is 5.13 Å². The van der Waals surface area contributed by atoms with Crippen LogP contribution in [-0.4, -0.2) is 77.8 Å². The number of nitrogens with two attached hydrogens (primary N) is 2. The van der Waals surface area contributed by atoms with Gasteiger partial charge in [0.1, 0.15) is 23.9 Å². The summed E-state index contributed by atoms with van der Waals surface area (Å²) in [5.74, 6) is -1.41. The lowest BCUT2D eigenvalue weighted by Gasteiger charge is -2.50. The number of hydroxylamine groups is 2. The number of nitrogens with zero attached hydrogens (tertiary/aromatic N) is 4. The van der Waals surface area contributed by atoms with Crippen molar-refractivity contribution in [1.82, 2.24) is 10.0 Å². The minimum absolute atomic E-state index is 0. The molecule has 1 fully saturated rings. The molecule has 18 heteroatoms. The Morgan fingerprint density at radius 1 is 1.28 bits per heavy atom. The number of Topliss-reactive ketones (excluding diaryl/α,β-unsaturated/α-hetero) is 1. The molecule has 1 amide bonds. The van der Waals surface area contributed by atoms with Gasteiger partial charge in [0.2, 0.25) is 0 Å². The third-order valence-corrected chi connectivity index (χ3v) is 7.01. The average Bonchev–Trinajstić information content (AvgIpc) is 3.35. The van der Waals surface area contributed by atoms with Gasteiger partial charge in [-0.1, -0.05) is 12.6 Å². The molecule has 1 saturated heterocycles. The molecule has 6 N–H and O–H groups in total. The van der Waals surface area contributed by atoms with Crippen LogP contribution in [0, 0.1) is 11.3 Å². The molecule has 238 valence electrons. The Hall–Kier alpha value is -3.58. The first-order chi connectivity index (χ1) is 19.3. The van der Waals surface area contributed by atoms with Gasteiger partial charge in [0, 0.05) is 23.9 Å². The number of oxime groups is 1. The number of thiazole rings is 1. The number of rotatable bonds is 16. The van der Waals surface area contributed by atoms with E-state index in [4.69, 9.17) is 31.0 Å². The molecular formula is C25H37N7O8S3. The fraction of sp³-hybridized carbons (Fsp3) is 0.440. The molecule has 0 saturated carbocycles. The van der Waals surface area contributed by atoms with Crippen molar-refractivity contribution in [3.8, 4) is 5.75 Å². The molecule has 1 aliphatic rings. The summed E-state index contributed by atoms with van der Waals surface area (Å²) in [6.45, 7) is 3.56. The van der Waals surface area contributed by atoms with Gasteiger partial charge in [-0.2, -0.15) is 27.0 Å². The van der Waals surface area contributed by atoms with E-state index in [-0.39, 0.29) is 57.1 Å². The molecule has 3 rings (SSSR count). The zero-order valence-electron chi connectivity index (χ0n) is 22.8. The van der Waals surface area contributed by atoms with Gasteiger partial charge in [-0.25, -0.2) is 4.98 Å². The number of ether oxygens (including phenoxy) is 1. The van der Waals surface area contributed by atoms with Gasteiger partial charge in [0.25, 0.3) is 5.91 Å². The first-order valence-corrected chi connectivity index (χ1v) is 14.6. The maximum Gasteiger partial charge on any atom is 0.418 e. The number of β-lactam (4-membered cyclic amide) rings is 1. The van der Waals surface area contributed by atoms with E-state index in [2.05, 4.69) is 19.4 Å². The Morgan fingerprint density at radius 3 is 2.51 bits per heavy atom. The van der Waals surface area contributed by atoms with Crippen molar-refractivity contribution < 1.29 is 36.4 Å². The number of ketones is 1. The molecule has 0 aliphatic carbocycles. The highest BCUT2D eigenvalue weighted by Gasteiger charge is 2.57. The van der Waals surface area contributed by atoms with Crippen LogP contribution in [-0.2, 0) is 29.1 Å². The number of anilines is 1. The lowest BCUT2D eigenvalue weighted by Crippen LogP contribution is -2.68. The van der Waals surface area contributed by atoms with Crippen LogP contribution in [0.3, 0.4) is 0 Å². The number of amidine groups is 1. The molecule has 1 atom stereocenters. The minimum atomic E-state index is -4.92. The van der Waals surface area contributed by atoms with Crippen molar-refractivity contribution in [2.75, 3.05) is 25.5 Å². The lowest BCUT2D eigenvalue weighted by atomic mass is 9.74. The van der Waals surface area contributed by atoms with Crippen molar-refractivity contribution in [2.24, 2.45) is 21.8 Å². The van der Waals surface area contributed by atoms with Crippen molar-refractivity contribution >= 4 is 69.8 Å². The van der Waals surface area contributed by atoms with E-state index in [9.17, 15) is 18.0 Å². The highest BCUT2D eigenvalue weighted by Crippen LogP contribution is 2.40. The summed E-state index contributed by atoms with van der Waals surface area (Å²) in [6.07, 6.45) is 2.38. The van der Waals surface area contributed by atoms with E-state index < -0.39 is 33.5 Å². The predicted molar refractivity (Wildman–Crippen MR) is 168 cm³/mol. The van der Waals surface area contributed by atoms with Crippen LogP contribution in [0.1, 0.15) is 51.8 Å². The van der Waals surface area contributed by atoms with E-state index in [1.54, 1.807) is 24.3 Å². The third kappa shape index (κ3) is 10.3. The van der Waals surface area contributed by atoms with Crippen molar-refractivity contribution in [2.45, 2.75) is 46.1 Å². The number of carbonyl (C=O) groups is 2. The minimum Gasteiger partial charge on any atom is -0.490 e. The fourth-order valence-electron chi connectivity index (χ4n) is 3.80. The van der Waals surface area contributed by atoms with Crippen LogP contribution < -0.4 is 16.2 Å². The standard InChI is InChI=1S/C24H31N7O8S2.CH4.H2S/c1-24(2)17(22(33)31(24)39-41(34,35)36)13-19(32)20(18-14-40-23(27)29-18)30-38-12-11-37-16-7-5-15(6-8-16)21(26)28-10-4-3-9-25;;/h5-9,14,17,25H,3-4,10-13H2,1-2H3,(H2,26,28)(H2,27,29)(H,34,35,36);1H4;1H2/b25-9?,30-20-;;. The molecule has 2 aromatic rings. The number of aliphatic imine (C=N–C) groups is 1. The summed E-state index contributed by atoms with van der Waals surface area (Å²) < 4.78 is 40.9. The maximum absolute atomic E-state index is 13.1. The second-order valence-electron chi connectivity index (χ2n) is 9.30. The Bertz CT molecular complexity index is 1430. The smallest absolute Gasteiger partial charge is 0.418 e. The van der Waals surface area contributed by atoms with Gasteiger partial charge in [-0.3, -0.25) is 19.1 Å². The van der Waals surface area contributed by atoms with E-state index in [1.807, 2.05) is 0 Å². The molecule has 1 aliphatic heterocycles. The average molecular weight is 660 g/mol. The molecule has 1 aromatic heterocycles. The highest BCUT2D eigenvalue weighted by atomic mass is 32.3. The molecule has 2 heterocycles. The number of nitrogens with one attached hydrogen (secondary N) is 1.